The van der Waals surface area contributed by atoms with Gasteiger partial charge in [0.05, 0.1) is 18.3 Å². The van der Waals surface area contributed by atoms with Crippen LogP contribution in [0.15, 0.2) is 23.7 Å². The van der Waals surface area contributed by atoms with Crippen LogP contribution in [0.1, 0.15) is 21.2 Å². The zero-order valence-corrected chi connectivity index (χ0v) is 9.62. The molecule has 2 heterocycles. The number of thiazole rings is 1. The number of aryl methyl sites for hydroxylation is 1. The largest absolute Gasteiger partial charge is 0.397 e. The van der Waals surface area contributed by atoms with E-state index in [4.69, 9.17) is 5.73 Å². The van der Waals surface area contributed by atoms with Crippen molar-refractivity contribution in [2.45, 2.75) is 13.3 Å². The fourth-order valence-electron chi connectivity index (χ4n) is 1.28. The minimum absolute atomic E-state index is 0.0330. The van der Waals surface area contributed by atoms with E-state index in [2.05, 4.69) is 9.97 Å². The fraction of sp³-hybridized carbons (Fsp3) is 0.182. The lowest BCUT2D eigenvalue weighted by Crippen LogP contribution is -2.06. The molecule has 0 fully saturated rings. The fourth-order valence-corrected chi connectivity index (χ4v) is 2.05. The van der Waals surface area contributed by atoms with Gasteiger partial charge < -0.3 is 5.73 Å². The normalized spacial score (nSPS) is 10.3. The summed E-state index contributed by atoms with van der Waals surface area (Å²) in [5.41, 5.74) is 7.43. The quantitative estimate of drug-likeness (QED) is 0.821. The molecule has 0 radical (unpaired) electrons. The van der Waals surface area contributed by atoms with Gasteiger partial charge in [-0.15, -0.1) is 11.3 Å². The highest BCUT2D eigenvalue weighted by atomic mass is 32.1. The maximum Gasteiger partial charge on any atom is 0.187 e. The summed E-state index contributed by atoms with van der Waals surface area (Å²) in [4.78, 5) is 20.0. The molecule has 0 aliphatic heterocycles. The maximum atomic E-state index is 11.8. The Morgan fingerprint density at radius 2 is 2.31 bits per heavy atom. The van der Waals surface area contributed by atoms with E-state index < -0.39 is 0 Å². The van der Waals surface area contributed by atoms with Crippen molar-refractivity contribution in [2.24, 2.45) is 0 Å². The molecule has 0 saturated carbocycles. The summed E-state index contributed by atoms with van der Waals surface area (Å²) < 4.78 is 0. The summed E-state index contributed by atoms with van der Waals surface area (Å²) in [7, 11) is 0. The summed E-state index contributed by atoms with van der Waals surface area (Å²) in [6.07, 6.45) is 1.79. The van der Waals surface area contributed by atoms with E-state index in [9.17, 15) is 4.79 Å². The van der Waals surface area contributed by atoms with Gasteiger partial charge in [-0.2, -0.15) is 0 Å². The minimum Gasteiger partial charge on any atom is -0.397 e. The van der Waals surface area contributed by atoms with Gasteiger partial charge in [0, 0.05) is 11.1 Å². The molecule has 0 aromatic carbocycles. The molecule has 16 heavy (non-hydrogen) atoms. The van der Waals surface area contributed by atoms with E-state index in [1.54, 1.807) is 12.1 Å². The molecule has 5 heteroatoms. The van der Waals surface area contributed by atoms with Crippen LogP contribution in [-0.2, 0) is 6.42 Å². The number of carbonyl (C=O) groups is 1. The van der Waals surface area contributed by atoms with E-state index in [0.29, 0.717) is 17.8 Å². The Balaban J connectivity index is 2.11. The summed E-state index contributed by atoms with van der Waals surface area (Å²) in [5, 5.41) is 2.75. The molecule has 2 rings (SSSR count). The molecule has 2 aromatic heterocycles. The number of carbonyl (C=O) groups excluding carboxylic acids is 1. The number of Topliss-reactive ketones (excluding diaryl/α,β-unsaturated/α-hetero) is 1. The lowest BCUT2D eigenvalue weighted by molar-refractivity contribution is 0.0988. The third-order valence-corrected chi connectivity index (χ3v) is 3.02. The molecular weight excluding hydrogens is 222 g/mol. The second-order valence-electron chi connectivity index (χ2n) is 3.46. The molecule has 0 unspecified atom stereocenters. The number of hydrogen-bond donors (Lipinski definition) is 1. The van der Waals surface area contributed by atoms with E-state index >= 15 is 0 Å². The van der Waals surface area contributed by atoms with Crippen molar-refractivity contribution in [2.75, 3.05) is 5.73 Å². The van der Waals surface area contributed by atoms with Gasteiger partial charge in [-0.3, -0.25) is 9.78 Å². The first-order chi connectivity index (χ1) is 7.65. The molecule has 0 spiro atoms. The third kappa shape index (κ3) is 2.43. The maximum absolute atomic E-state index is 11.8. The number of anilines is 1. The van der Waals surface area contributed by atoms with Crippen molar-refractivity contribution >= 4 is 22.8 Å². The van der Waals surface area contributed by atoms with Gasteiger partial charge in [0.15, 0.2) is 5.78 Å². The van der Waals surface area contributed by atoms with E-state index in [0.717, 1.165) is 10.7 Å². The van der Waals surface area contributed by atoms with Gasteiger partial charge >= 0.3 is 0 Å². The zero-order valence-electron chi connectivity index (χ0n) is 8.80. The third-order valence-electron chi connectivity index (χ3n) is 2.05. The van der Waals surface area contributed by atoms with Crippen LogP contribution in [0.3, 0.4) is 0 Å². The van der Waals surface area contributed by atoms with Gasteiger partial charge in [-0.25, -0.2) is 4.98 Å². The van der Waals surface area contributed by atoms with Gasteiger partial charge in [0.25, 0.3) is 0 Å². The molecule has 2 N–H and O–H groups in total. The Morgan fingerprint density at radius 1 is 1.50 bits per heavy atom. The number of nitrogens with two attached hydrogens (primary N) is 1. The average Bonchev–Trinajstić information content (AvgIpc) is 2.65. The van der Waals surface area contributed by atoms with Crippen molar-refractivity contribution in [3.8, 4) is 0 Å². The lowest BCUT2D eigenvalue weighted by atomic mass is 10.2. The van der Waals surface area contributed by atoms with Crippen LogP contribution in [0.2, 0.25) is 0 Å². The number of aromatic nitrogens is 2. The van der Waals surface area contributed by atoms with Gasteiger partial charge in [0.1, 0.15) is 10.7 Å². The number of pyridine rings is 1. The Morgan fingerprint density at radius 3 is 2.88 bits per heavy atom. The smallest absolute Gasteiger partial charge is 0.187 e. The molecular formula is C11H11N3OS. The van der Waals surface area contributed by atoms with Gasteiger partial charge in [0.2, 0.25) is 0 Å². The van der Waals surface area contributed by atoms with Crippen molar-refractivity contribution in [1.29, 1.82) is 0 Å². The monoisotopic (exact) mass is 233 g/mol. The van der Waals surface area contributed by atoms with Crippen LogP contribution < -0.4 is 5.73 Å². The highest BCUT2D eigenvalue weighted by Gasteiger charge is 2.10. The minimum atomic E-state index is -0.0330. The molecule has 0 aliphatic carbocycles. The molecule has 2 aromatic rings. The van der Waals surface area contributed by atoms with Crippen molar-refractivity contribution in [1.82, 2.24) is 9.97 Å². The summed E-state index contributed by atoms with van der Waals surface area (Å²) in [6, 6.07) is 3.31. The van der Waals surface area contributed by atoms with Crippen molar-refractivity contribution < 1.29 is 4.79 Å². The predicted molar refractivity (Wildman–Crippen MR) is 63.5 cm³/mol. The van der Waals surface area contributed by atoms with Crippen LogP contribution in [0.5, 0.6) is 0 Å². The Bertz CT molecular complexity index is 504. The van der Waals surface area contributed by atoms with E-state index in [1.807, 2.05) is 12.3 Å². The first kappa shape index (κ1) is 10.8. The number of nitrogens with zero attached hydrogens (tertiary/aromatic N) is 2. The second kappa shape index (κ2) is 4.40. The second-order valence-corrected chi connectivity index (χ2v) is 4.40. The Labute approximate surface area is 97.2 Å². The molecule has 0 atom stereocenters. The van der Waals surface area contributed by atoms with E-state index in [-0.39, 0.29) is 5.78 Å². The average molecular weight is 233 g/mol. The standard InChI is InChI=1S/C11H11N3OS/c1-7-6-16-11(14-7)4-10(15)9-3-2-8(12)5-13-9/h2-3,5-6H,4,12H2,1H3. The molecule has 82 valence electrons. The van der Waals surface area contributed by atoms with E-state index in [1.165, 1.54) is 17.5 Å². The zero-order chi connectivity index (χ0) is 11.5. The summed E-state index contributed by atoms with van der Waals surface area (Å²) in [5.74, 6) is -0.0330. The lowest BCUT2D eigenvalue weighted by Gasteiger charge is -1.98. The Kier molecular flexibility index (Phi) is 2.96. The SMILES string of the molecule is Cc1csc(CC(=O)c2ccc(N)cn2)n1. The van der Waals surface area contributed by atoms with Gasteiger partial charge in [-0.05, 0) is 19.1 Å². The summed E-state index contributed by atoms with van der Waals surface area (Å²) >= 11 is 1.49. The van der Waals surface area contributed by atoms with Crippen molar-refractivity contribution in [3.63, 3.8) is 0 Å². The van der Waals surface area contributed by atoms with Gasteiger partial charge in [-0.1, -0.05) is 0 Å². The van der Waals surface area contributed by atoms with Crippen LogP contribution in [-0.4, -0.2) is 15.8 Å². The first-order valence-corrected chi connectivity index (χ1v) is 5.69. The molecule has 4 nitrogen and oxygen atoms in total. The number of nitrogen functional groups attached to an aromatic ring is 1. The topological polar surface area (TPSA) is 68.9 Å². The predicted octanol–water partition coefficient (Wildman–Crippen LogP) is 1.85. The first-order valence-electron chi connectivity index (χ1n) is 4.81. The van der Waals surface area contributed by atoms with Crippen LogP contribution >= 0.6 is 11.3 Å². The molecule has 0 saturated heterocycles. The number of ketones is 1. The van der Waals surface area contributed by atoms with Crippen LogP contribution in [0.4, 0.5) is 5.69 Å². The molecule has 0 amide bonds. The van der Waals surface area contributed by atoms with Crippen LogP contribution in [0.25, 0.3) is 0 Å². The number of rotatable bonds is 3. The highest BCUT2D eigenvalue weighted by Crippen LogP contribution is 2.12. The molecule has 0 aliphatic rings. The highest BCUT2D eigenvalue weighted by molar-refractivity contribution is 7.09. The molecule has 0 bridgehead atoms. The summed E-state index contributed by atoms with van der Waals surface area (Å²) in [6.45, 7) is 1.91. The van der Waals surface area contributed by atoms with Crippen molar-refractivity contribution in [3.05, 3.63) is 40.1 Å². The Hall–Kier alpha value is -1.75. The van der Waals surface area contributed by atoms with Crippen LogP contribution in [0, 0.1) is 6.92 Å². The number of hydrogen-bond acceptors (Lipinski definition) is 5.